The minimum Gasteiger partial charge on any atom is -0.352 e. The van der Waals surface area contributed by atoms with Gasteiger partial charge in [-0.3, -0.25) is 4.68 Å². The van der Waals surface area contributed by atoms with Crippen molar-refractivity contribution in [2.45, 2.75) is 45.1 Å². The summed E-state index contributed by atoms with van der Waals surface area (Å²) in [6.07, 6.45) is 11.0. The van der Waals surface area contributed by atoms with Gasteiger partial charge in [0, 0.05) is 30.6 Å². The largest absolute Gasteiger partial charge is 0.352 e. The zero-order valence-electron chi connectivity index (χ0n) is 11.9. The molecule has 0 aromatic carbocycles. The molecule has 5 nitrogen and oxygen atoms in total. The fourth-order valence-electron chi connectivity index (χ4n) is 2.78. The third-order valence-electron chi connectivity index (χ3n) is 3.84. The molecule has 1 saturated carbocycles. The van der Waals surface area contributed by atoms with Crippen LogP contribution in [0, 0.1) is 6.92 Å². The molecule has 0 saturated heterocycles. The zero-order valence-corrected chi connectivity index (χ0v) is 11.9. The van der Waals surface area contributed by atoms with Gasteiger partial charge in [0.2, 0.25) is 5.95 Å². The van der Waals surface area contributed by atoms with E-state index in [4.69, 9.17) is 0 Å². The number of aryl methyl sites for hydroxylation is 1. The van der Waals surface area contributed by atoms with E-state index in [1.807, 2.05) is 30.2 Å². The SMILES string of the molecule is Cc1cnn(CCNc2nccc(C3CCCC3)n2)c1. The average molecular weight is 271 g/mol. The molecule has 0 aliphatic heterocycles. The van der Waals surface area contributed by atoms with Crippen LogP contribution >= 0.6 is 0 Å². The summed E-state index contributed by atoms with van der Waals surface area (Å²) in [7, 11) is 0. The lowest BCUT2D eigenvalue weighted by molar-refractivity contribution is 0.634. The van der Waals surface area contributed by atoms with Crippen molar-refractivity contribution in [3.05, 3.63) is 35.9 Å². The Bertz CT molecular complexity index is 557. The number of hydrogen-bond acceptors (Lipinski definition) is 4. The van der Waals surface area contributed by atoms with Crippen LogP contribution in [0.4, 0.5) is 5.95 Å². The van der Waals surface area contributed by atoms with Gasteiger partial charge in [-0.1, -0.05) is 12.8 Å². The highest BCUT2D eigenvalue weighted by atomic mass is 15.3. The fraction of sp³-hybridized carbons (Fsp3) is 0.533. The first-order valence-corrected chi connectivity index (χ1v) is 7.37. The van der Waals surface area contributed by atoms with Gasteiger partial charge < -0.3 is 5.32 Å². The first-order valence-electron chi connectivity index (χ1n) is 7.37. The van der Waals surface area contributed by atoms with E-state index in [-0.39, 0.29) is 0 Å². The van der Waals surface area contributed by atoms with Gasteiger partial charge in [-0.05, 0) is 31.4 Å². The number of rotatable bonds is 5. The van der Waals surface area contributed by atoms with Crippen LogP contribution in [-0.2, 0) is 6.54 Å². The van der Waals surface area contributed by atoms with Gasteiger partial charge in [-0.2, -0.15) is 5.10 Å². The number of nitrogens with one attached hydrogen (secondary N) is 1. The second-order valence-electron chi connectivity index (χ2n) is 5.49. The molecular formula is C15H21N5. The maximum Gasteiger partial charge on any atom is 0.222 e. The predicted molar refractivity (Wildman–Crippen MR) is 78.7 cm³/mol. The number of nitrogens with zero attached hydrogens (tertiary/aromatic N) is 4. The zero-order chi connectivity index (χ0) is 13.8. The molecule has 1 N–H and O–H groups in total. The van der Waals surface area contributed by atoms with E-state index in [1.165, 1.54) is 36.9 Å². The molecule has 3 rings (SSSR count). The third-order valence-corrected chi connectivity index (χ3v) is 3.84. The van der Waals surface area contributed by atoms with Crippen molar-refractivity contribution in [2.75, 3.05) is 11.9 Å². The van der Waals surface area contributed by atoms with Crippen LogP contribution in [0.5, 0.6) is 0 Å². The van der Waals surface area contributed by atoms with E-state index >= 15 is 0 Å². The van der Waals surface area contributed by atoms with Crippen molar-refractivity contribution < 1.29 is 0 Å². The topological polar surface area (TPSA) is 55.6 Å². The van der Waals surface area contributed by atoms with Crippen molar-refractivity contribution in [1.82, 2.24) is 19.7 Å². The summed E-state index contributed by atoms with van der Waals surface area (Å²) in [6.45, 7) is 3.66. The van der Waals surface area contributed by atoms with Crippen LogP contribution in [-0.4, -0.2) is 26.3 Å². The van der Waals surface area contributed by atoms with Crippen molar-refractivity contribution in [1.29, 1.82) is 0 Å². The molecule has 2 heterocycles. The van der Waals surface area contributed by atoms with Crippen LogP contribution in [0.1, 0.15) is 42.9 Å². The highest BCUT2D eigenvalue weighted by molar-refractivity contribution is 5.26. The Morgan fingerprint density at radius 1 is 1.35 bits per heavy atom. The third kappa shape index (κ3) is 3.15. The Hall–Kier alpha value is -1.91. The molecule has 0 spiro atoms. The monoisotopic (exact) mass is 271 g/mol. The normalized spacial score (nSPS) is 15.7. The predicted octanol–water partition coefficient (Wildman–Crippen LogP) is 2.75. The lowest BCUT2D eigenvalue weighted by Gasteiger charge is -2.10. The minimum absolute atomic E-state index is 0.632. The Kier molecular flexibility index (Phi) is 3.95. The summed E-state index contributed by atoms with van der Waals surface area (Å²) in [5.41, 5.74) is 2.37. The van der Waals surface area contributed by atoms with Gasteiger partial charge in [-0.25, -0.2) is 9.97 Å². The van der Waals surface area contributed by atoms with E-state index in [2.05, 4.69) is 26.4 Å². The van der Waals surface area contributed by atoms with Gasteiger partial charge in [0.25, 0.3) is 0 Å². The number of hydrogen-bond donors (Lipinski definition) is 1. The van der Waals surface area contributed by atoms with Crippen LogP contribution in [0.15, 0.2) is 24.7 Å². The van der Waals surface area contributed by atoms with E-state index in [0.29, 0.717) is 5.92 Å². The summed E-state index contributed by atoms with van der Waals surface area (Å²) in [5, 5.41) is 7.55. The lowest BCUT2D eigenvalue weighted by Crippen LogP contribution is -2.13. The lowest BCUT2D eigenvalue weighted by atomic mass is 10.0. The van der Waals surface area contributed by atoms with E-state index in [0.717, 1.165) is 19.0 Å². The van der Waals surface area contributed by atoms with Gasteiger partial charge in [0.15, 0.2) is 0 Å². The standard InChI is InChI=1S/C15H21N5/c1-12-10-18-20(11-12)9-8-17-15-16-7-6-14(19-15)13-4-2-3-5-13/h6-7,10-11,13H,2-5,8-9H2,1H3,(H,16,17,19). The number of aromatic nitrogens is 4. The van der Waals surface area contributed by atoms with Gasteiger partial charge in [0.05, 0.1) is 12.7 Å². The summed E-state index contributed by atoms with van der Waals surface area (Å²) in [4.78, 5) is 8.93. The molecule has 1 aliphatic rings. The summed E-state index contributed by atoms with van der Waals surface area (Å²) in [6, 6.07) is 2.05. The maximum absolute atomic E-state index is 4.64. The molecule has 1 fully saturated rings. The van der Waals surface area contributed by atoms with Gasteiger partial charge in [-0.15, -0.1) is 0 Å². The minimum atomic E-state index is 0.632. The quantitative estimate of drug-likeness (QED) is 0.908. The van der Waals surface area contributed by atoms with Crippen LogP contribution in [0.25, 0.3) is 0 Å². The molecule has 20 heavy (non-hydrogen) atoms. The van der Waals surface area contributed by atoms with Crippen molar-refractivity contribution in [2.24, 2.45) is 0 Å². The second-order valence-corrected chi connectivity index (χ2v) is 5.49. The Morgan fingerprint density at radius 2 is 2.20 bits per heavy atom. The maximum atomic E-state index is 4.64. The molecule has 0 atom stereocenters. The molecule has 5 heteroatoms. The second kappa shape index (κ2) is 6.03. The smallest absolute Gasteiger partial charge is 0.222 e. The fourth-order valence-corrected chi connectivity index (χ4v) is 2.78. The van der Waals surface area contributed by atoms with Gasteiger partial charge in [0.1, 0.15) is 0 Å². The van der Waals surface area contributed by atoms with Crippen LogP contribution < -0.4 is 5.32 Å². The Labute approximate surface area is 119 Å². The van der Waals surface area contributed by atoms with Crippen LogP contribution in [0.3, 0.4) is 0 Å². The van der Waals surface area contributed by atoms with Crippen LogP contribution in [0.2, 0.25) is 0 Å². The summed E-state index contributed by atoms with van der Waals surface area (Å²) >= 11 is 0. The van der Waals surface area contributed by atoms with Crippen molar-refractivity contribution in [3.8, 4) is 0 Å². The Morgan fingerprint density at radius 3 is 2.95 bits per heavy atom. The molecule has 0 radical (unpaired) electrons. The highest BCUT2D eigenvalue weighted by Crippen LogP contribution is 2.32. The highest BCUT2D eigenvalue weighted by Gasteiger charge is 2.18. The number of anilines is 1. The van der Waals surface area contributed by atoms with Crippen molar-refractivity contribution >= 4 is 5.95 Å². The van der Waals surface area contributed by atoms with E-state index in [1.54, 1.807) is 0 Å². The first kappa shape index (κ1) is 13.1. The van der Waals surface area contributed by atoms with E-state index in [9.17, 15) is 0 Å². The molecular weight excluding hydrogens is 250 g/mol. The molecule has 1 aliphatic carbocycles. The molecule has 0 bridgehead atoms. The summed E-state index contributed by atoms with van der Waals surface area (Å²) < 4.78 is 1.93. The molecule has 2 aromatic rings. The molecule has 106 valence electrons. The van der Waals surface area contributed by atoms with Gasteiger partial charge >= 0.3 is 0 Å². The molecule has 0 amide bonds. The van der Waals surface area contributed by atoms with E-state index < -0.39 is 0 Å². The average Bonchev–Trinajstić information content (AvgIpc) is 3.11. The first-order chi connectivity index (χ1) is 9.81. The Balaban J connectivity index is 1.55. The van der Waals surface area contributed by atoms with Crippen molar-refractivity contribution in [3.63, 3.8) is 0 Å². The summed E-state index contributed by atoms with van der Waals surface area (Å²) in [5.74, 6) is 1.37. The molecule has 2 aromatic heterocycles. The molecule has 0 unspecified atom stereocenters.